The van der Waals surface area contributed by atoms with Crippen LogP contribution in [-0.4, -0.2) is 48.9 Å². The van der Waals surface area contributed by atoms with Gasteiger partial charge in [-0.2, -0.15) is 0 Å². The predicted octanol–water partition coefficient (Wildman–Crippen LogP) is 4.16. The van der Waals surface area contributed by atoms with E-state index >= 15 is 0 Å². The molecular formula is C13H39NO4Si5. The lowest BCUT2D eigenvalue weighted by Gasteiger charge is -2.42. The van der Waals surface area contributed by atoms with Gasteiger partial charge in [0, 0.05) is 6.04 Å². The van der Waals surface area contributed by atoms with Crippen LogP contribution in [0.15, 0.2) is 0 Å². The highest BCUT2D eigenvalue weighted by molar-refractivity contribution is 6.90. The molecule has 10 heteroatoms. The summed E-state index contributed by atoms with van der Waals surface area (Å²) in [6, 6.07) is 0.768. The Labute approximate surface area is 149 Å². The first-order valence-electron chi connectivity index (χ1n) is 8.39. The second-order valence-corrected chi connectivity index (χ2v) is 29.2. The van der Waals surface area contributed by atoms with E-state index in [9.17, 15) is 0 Å². The van der Waals surface area contributed by atoms with Gasteiger partial charge < -0.3 is 22.2 Å². The molecule has 0 saturated carbocycles. The van der Waals surface area contributed by atoms with Gasteiger partial charge >= 0.3 is 25.7 Å². The number of hydrogen-bond acceptors (Lipinski definition) is 5. The third-order valence-electron chi connectivity index (χ3n) is 2.63. The number of nitrogens with two attached hydrogens (primary N) is 1. The predicted molar refractivity (Wildman–Crippen MR) is 111 cm³/mol. The van der Waals surface area contributed by atoms with Gasteiger partial charge in [-0.25, -0.2) is 0 Å². The van der Waals surface area contributed by atoms with Gasteiger partial charge in [-0.05, 0) is 78.6 Å². The van der Waals surface area contributed by atoms with Gasteiger partial charge in [-0.3, -0.25) is 0 Å². The Balaban J connectivity index is 5.19. The largest absolute Gasteiger partial charge is 0.437 e. The zero-order valence-electron chi connectivity index (χ0n) is 17.1. The molecule has 0 aliphatic heterocycles. The molecule has 0 aromatic heterocycles. The third-order valence-corrected chi connectivity index (χ3v) is 20.0. The van der Waals surface area contributed by atoms with Crippen LogP contribution in [0.5, 0.6) is 0 Å². The first-order chi connectivity index (χ1) is 9.89. The van der Waals surface area contributed by atoms with Gasteiger partial charge in [-0.15, -0.1) is 0 Å². The van der Waals surface area contributed by atoms with Crippen LogP contribution in [0, 0.1) is 0 Å². The maximum Gasteiger partial charge on any atom is 0.318 e. The van der Waals surface area contributed by atoms with Crippen molar-refractivity contribution in [3.05, 3.63) is 0 Å². The van der Waals surface area contributed by atoms with Crippen molar-refractivity contribution >= 4 is 42.3 Å². The average molecular weight is 414 g/mol. The molecule has 0 bridgehead atoms. The topological polar surface area (TPSA) is 62.9 Å². The molecular weight excluding hydrogens is 375 g/mol. The van der Waals surface area contributed by atoms with Crippen LogP contribution in [0.4, 0.5) is 0 Å². The summed E-state index contributed by atoms with van der Waals surface area (Å²) in [7, 11) is -10.2. The molecule has 5 nitrogen and oxygen atoms in total. The molecule has 0 aromatic rings. The summed E-state index contributed by atoms with van der Waals surface area (Å²) in [5.74, 6) is 0. The fraction of sp³-hybridized carbons (Fsp3) is 1.00. The Morgan fingerprint density at radius 3 is 1.09 bits per heavy atom. The fourth-order valence-electron chi connectivity index (χ4n) is 2.94. The molecule has 0 saturated heterocycles. The molecule has 0 spiro atoms. The van der Waals surface area contributed by atoms with E-state index in [0.717, 1.165) is 6.04 Å². The van der Waals surface area contributed by atoms with Gasteiger partial charge in [0.25, 0.3) is 0 Å². The van der Waals surface area contributed by atoms with Crippen LogP contribution >= 0.6 is 0 Å². The highest BCUT2D eigenvalue weighted by Crippen LogP contribution is 2.28. The lowest BCUT2D eigenvalue weighted by molar-refractivity contribution is 0.293. The molecule has 0 atom stereocenters. The van der Waals surface area contributed by atoms with E-state index < -0.39 is 42.3 Å². The lowest BCUT2D eigenvalue weighted by atomic mass is 10.8. The highest BCUT2D eigenvalue weighted by atomic mass is 28.5. The highest BCUT2D eigenvalue weighted by Gasteiger charge is 2.46. The van der Waals surface area contributed by atoms with Crippen molar-refractivity contribution in [3.63, 3.8) is 0 Å². The van der Waals surface area contributed by atoms with Crippen LogP contribution < -0.4 is 5.73 Å². The van der Waals surface area contributed by atoms with Gasteiger partial charge in [0.2, 0.25) is 0 Å². The summed E-state index contributed by atoms with van der Waals surface area (Å²) >= 11 is 0. The lowest BCUT2D eigenvalue weighted by Crippen LogP contribution is -2.59. The Hall–Kier alpha value is 0.884. The van der Waals surface area contributed by atoms with Crippen molar-refractivity contribution in [1.29, 1.82) is 0 Å². The zero-order chi connectivity index (χ0) is 18.7. The molecule has 140 valence electrons. The molecule has 0 unspecified atom stereocenters. The SMILES string of the molecule is C[Si](C)(C)O[Si](C)(C)O[Si](C)(CCN)O[Si](C)(C)O[Si](C)(C)C. The minimum Gasteiger partial charge on any atom is -0.437 e. The van der Waals surface area contributed by atoms with Crippen LogP contribution in [0.25, 0.3) is 0 Å². The van der Waals surface area contributed by atoms with E-state index in [0.29, 0.717) is 6.54 Å². The van der Waals surface area contributed by atoms with Gasteiger partial charge in [0.05, 0.1) is 0 Å². The Bertz CT molecular complexity index is 350. The molecule has 23 heavy (non-hydrogen) atoms. The van der Waals surface area contributed by atoms with Crippen molar-refractivity contribution in [3.8, 4) is 0 Å². The Morgan fingerprint density at radius 1 is 0.565 bits per heavy atom. The molecule has 0 amide bonds. The van der Waals surface area contributed by atoms with Crippen LogP contribution in [0.2, 0.25) is 78.1 Å². The minimum absolute atomic E-state index is 0.567. The van der Waals surface area contributed by atoms with Crippen molar-refractivity contribution in [2.75, 3.05) is 6.54 Å². The maximum atomic E-state index is 6.55. The summed E-state index contributed by atoms with van der Waals surface area (Å²) in [6.07, 6.45) is 0. The van der Waals surface area contributed by atoms with E-state index in [2.05, 4.69) is 72.0 Å². The summed E-state index contributed by atoms with van der Waals surface area (Å²) in [5, 5.41) is 0. The first-order valence-corrected chi connectivity index (χ1v) is 23.4. The van der Waals surface area contributed by atoms with Crippen molar-refractivity contribution in [2.45, 2.75) is 78.1 Å². The second kappa shape index (κ2) is 8.06. The Morgan fingerprint density at radius 2 is 0.870 bits per heavy atom. The van der Waals surface area contributed by atoms with Gasteiger partial charge in [-0.1, -0.05) is 0 Å². The zero-order valence-corrected chi connectivity index (χ0v) is 22.1. The van der Waals surface area contributed by atoms with Crippen LogP contribution in [0.1, 0.15) is 0 Å². The summed E-state index contributed by atoms with van der Waals surface area (Å²) in [6.45, 7) is 24.3. The summed E-state index contributed by atoms with van der Waals surface area (Å²) < 4.78 is 25.8. The molecule has 0 aliphatic carbocycles. The van der Waals surface area contributed by atoms with Gasteiger partial charge in [0.15, 0.2) is 16.6 Å². The summed E-state index contributed by atoms with van der Waals surface area (Å²) in [4.78, 5) is 0. The molecule has 0 fully saturated rings. The maximum absolute atomic E-state index is 6.55. The molecule has 0 rings (SSSR count). The van der Waals surface area contributed by atoms with Gasteiger partial charge in [0.1, 0.15) is 0 Å². The Kier molecular flexibility index (Phi) is 8.37. The number of hydrogen-bond donors (Lipinski definition) is 1. The van der Waals surface area contributed by atoms with E-state index in [1.165, 1.54) is 0 Å². The molecule has 0 aromatic carbocycles. The molecule has 2 N–H and O–H groups in total. The molecule has 0 aliphatic rings. The normalized spacial score (nSPS) is 15.1. The number of rotatable bonds is 10. The van der Waals surface area contributed by atoms with E-state index in [1.807, 2.05) is 0 Å². The average Bonchev–Trinajstić information content (AvgIpc) is 2.03. The van der Waals surface area contributed by atoms with E-state index in [1.54, 1.807) is 0 Å². The minimum atomic E-state index is -2.43. The monoisotopic (exact) mass is 413 g/mol. The van der Waals surface area contributed by atoms with E-state index in [4.69, 9.17) is 22.2 Å². The van der Waals surface area contributed by atoms with Crippen molar-refractivity contribution in [2.24, 2.45) is 5.73 Å². The standard InChI is InChI=1S/C13H39NO4Si5/c1-19(2,3)15-21(7,8)17-23(11,13-12-14)18-22(9,10)16-20(4,5)6/h12-14H2,1-11H3. The molecule has 0 radical (unpaired) electrons. The van der Waals surface area contributed by atoms with Crippen molar-refractivity contribution in [1.82, 2.24) is 0 Å². The quantitative estimate of drug-likeness (QED) is 0.545. The fourth-order valence-corrected chi connectivity index (χ4v) is 26.0. The third kappa shape index (κ3) is 12.0. The molecule has 0 heterocycles. The van der Waals surface area contributed by atoms with Crippen LogP contribution in [0.3, 0.4) is 0 Å². The summed E-state index contributed by atoms with van der Waals surface area (Å²) in [5.41, 5.74) is 5.85. The second-order valence-electron chi connectivity index (χ2n) is 9.11. The van der Waals surface area contributed by atoms with Crippen molar-refractivity contribution < 1.29 is 16.5 Å². The smallest absolute Gasteiger partial charge is 0.318 e. The van der Waals surface area contributed by atoms with E-state index in [-0.39, 0.29) is 0 Å². The van der Waals surface area contributed by atoms with Crippen LogP contribution in [-0.2, 0) is 16.5 Å². The first kappa shape index (κ1) is 23.9.